The van der Waals surface area contributed by atoms with Gasteiger partial charge in [-0.15, -0.1) is 0 Å². The van der Waals surface area contributed by atoms with Gasteiger partial charge in [-0.05, 0) is 35.9 Å². The highest BCUT2D eigenvalue weighted by molar-refractivity contribution is 6.42. The van der Waals surface area contributed by atoms with Crippen LogP contribution in [0.2, 0.25) is 10.0 Å². The van der Waals surface area contributed by atoms with Crippen LogP contribution in [0.1, 0.15) is 22.0 Å². The maximum absolute atomic E-state index is 14.0. The van der Waals surface area contributed by atoms with Crippen molar-refractivity contribution in [1.82, 2.24) is 0 Å². The van der Waals surface area contributed by atoms with Crippen molar-refractivity contribution in [3.05, 3.63) is 81.6 Å². The van der Waals surface area contributed by atoms with Gasteiger partial charge in [0.1, 0.15) is 17.6 Å². The first-order valence-electron chi connectivity index (χ1n) is 9.11. The molecule has 2 N–H and O–H groups in total. The van der Waals surface area contributed by atoms with E-state index in [-0.39, 0.29) is 39.0 Å². The topological polar surface area (TPSA) is 80.3 Å². The largest absolute Gasteiger partial charge is 0.494 e. The Labute approximate surface area is 187 Å². The van der Waals surface area contributed by atoms with E-state index < -0.39 is 18.0 Å². The number of aliphatic hydroxyl groups excluding tert-OH is 1. The van der Waals surface area contributed by atoms with Crippen LogP contribution >= 0.6 is 23.2 Å². The molecule has 0 radical (unpaired) electrons. The fraction of sp³-hybridized carbons (Fsp3) is 0.136. The fourth-order valence-electron chi connectivity index (χ4n) is 2.93. The van der Waals surface area contributed by atoms with Gasteiger partial charge in [-0.2, -0.15) is 0 Å². The number of rotatable bonds is 6. The Kier molecular flexibility index (Phi) is 6.02. The van der Waals surface area contributed by atoms with Crippen LogP contribution in [0.3, 0.4) is 0 Å². The predicted octanol–water partition coefficient (Wildman–Crippen LogP) is 5.58. The van der Waals surface area contributed by atoms with Crippen LogP contribution in [0, 0.1) is 5.82 Å². The summed E-state index contributed by atoms with van der Waals surface area (Å²) in [5.74, 6) is -0.804. The van der Waals surface area contributed by atoms with Crippen molar-refractivity contribution in [3.8, 4) is 17.2 Å². The lowest BCUT2D eigenvalue weighted by molar-refractivity contribution is 0.102. The van der Waals surface area contributed by atoms with Crippen molar-refractivity contribution < 1.29 is 28.5 Å². The standard InChI is InChI=1S/C22H16Cl2FNO5/c1-29-18-7-6-13(8-17(18)25)30-19-10-16(24)15(23)9-14(19)21(27)26-12-4-2-11(3-5-12)20-22(28)31-20/h2-10,20,22,28H,1H3,(H,26,27). The summed E-state index contributed by atoms with van der Waals surface area (Å²) in [5.41, 5.74) is 1.41. The minimum Gasteiger partial charge on any atom is -0.494 e. The molecule has 1 amide bonds. The highest BCUT2D eigenvalue weighted by Gasteiger charge is 2.38. The second-order valence-electron chi connectivity index (χ2n) is 6.68. The Balaban J connectivity index is 1.57. The van der Waals surface area contributed by atoms with Gasteiger partial charge in [0, 0.05) is 17.8 Å². The normalized spacial score (nSPS) is 17.2. The molecule has 0 aromatic heterocycles. The van der Waals surface area contributed by atoms with E-state index in [0.29, 0.717) is 5.69 Å². The number of carbonyl (C=O) groups is 1. The molecule has 1 heterocycles. The molecule has 1 aliphatic rings. The monoisotopic (exact) mass is 463 g/mol. The molecule has 4 rings (SSSR count). The van der Waals surface area contributed by atoms with Crippen molar-refractivity contribution in [2.24, 2.45) is 0 Å². The number of benzene rings is 3. The number of anilines is 1. The van der Waals surface area contributed by atoms with Crippen LogP contribution in [0.15, 0.2) is 54.6 Å². The third-order valence-electron chi connectivity index (χ3n) is 4.58. The zero-order valence-corrected chi connectivity index (χ0v) is 17.6. The van der Waals surface area contributed by atoms with E-state index in [1.807, 2.05) is 0 Å². The molecule has 9 heteroatoms. The Morgan fingerprint density at radius 2 is 1.74 bits per heavy atom. The first kappa shape index (κ1) is 21.4. The van der Waals surface area contributed by atoms with E-state index in [0.717, 1.165) is 11.6 Å². The van der Waals surface area contributed by atoms with Gasteiger partial charge in [0.2, 0.25) is 0 Å². The number of methoxy groups -OCH3 is 1. The van der Waals surface area contributed by atoms with Crippen molar-refractivity contribution in [2.45, 2.75) is 12.4 Å². The number of carbonyl (C=O) groups excluding carboxylic acids is 1. The van der Waals surface area contributed by atoms with E-state index in [1.165, 1.54) is 31.4 Å². The fourth-order valence-corrected chi connectivity index (χ4v) is 3.25. The molecule has 1 saturated heterocycles. The highest BCUT2D eigenvalue weighted by atomic mass is 35.5. The Bertz CT molecular complexity index is 1140. The van der Waals surface area contributed by atoms with Crippen molar-refractivity contribution >= 4 is 34.8 Å². The number of hydrogen-bond donors (Lipinski definition) is 2. The van der Waals surface area contributed by atoms with E-state index in [2.05, 4.69) is 5.32 Å². The van der Waals surface area contributed by atoms with Crippen LogP contribution in [0.25, 0.3) is 0 Å². The molecule has 160 valence electrons. The zero-order chi connectivity index (χ0) is 22.1. The average molecular weight is 464 g/mol. The first-order valence-corrected chi connectivity index (χ1v) is 9.86. The summed E-state index contributed by atoms with van der Waals surface area (Å²) in [6, 6.07) is 13.6. The van der Waals surface area contributed by atoms with E-state index in [1.54, 1.807) is 24.3 Å². The summed E-state index contributed by atoms with van der Waals surface area (Å²) in [4.78, 5) is 12.9. The van der Waals surface area contributed by atoms with Crippen molar-refractivity contribution in [1.29, 1.82) is 0 Å². The van der Waals surface area contributed by atoms with E-state index in [9.17, 15) is 14.3 Å². The van der Waals surface area contributed by atoms with Gasteiger partial charge in [0.15, 0.2) is 17.9 Å². The SMILES string of the molecule is COc1ccc(Oc2cc(Cl)c(Cl)cc2C(=O)Nc2ccc(C3OC3O)cc2)cc1F. The second-order valence-corrected chi connectivity index (χ2v) is 7.50. The maximum Gasteiger partial charge on any atom is 0.259 e. The third kappa shape index (κ3) is 4.75. The number of hydrogen-bond acceptors (Lipinski definition) is 5. The van der Waals surface area contributed by atoms with E-state index in [4.69, 9.17) is 37.4 Å². The molecule has 0 saturated carbocycles. The number of aliphatic hydroxyl groups is 1. The maximum atomic E-state index is 14.0. The molecule has 3 aromatic rings. The lowest BCUT2D eigenvalue weighted by atomic mass is 10.1. The Morgan fingerprint density at radius 3 is 2.35 bits per heavy atom. The summed E-state index contributed by atoms with van der Waals surface area (Å²) in [6.07, 6.45) is -1.14. The van der Waals surface area contributed by atoms with Gasteiger partial charge < -0.3 is 24.6 Å². The molecule has 2 unspecified atom stereocenters. The summed E-state index contributed by atoms with van der Waals surface area (Å²) < 4.78 is 29.6. The molecule has 1 fully saturated rings. The summed E-state index contributed by atoms with van der Waals surface area (Å²) in [5, 5.41) is 12.4. The van der Waals surface area contributed by atoms with Gasteiger partial charge in [-0.25, -0.2) is 4.39 Å². The number of nitrogens with one attached hydrogen (secondary N) is 1. The van der Waals surface area contributed by atoms with Gasteiger partial charge in [-0.1, -0.05) is 35.3 Å². The number of amides is 1. The molecule has 0 spiro atoms. The highest BCUT2D eigenvalue weighted by Crippen LogP contribution is 2.37. The molecule has 3 aromatic carbocycles. The molecule has 6 nitrogen and oxygen atoms in total. The first-order chi connectivity index (χ1) is 14.9. The number of ether oxygens (including phenoxy) is 3. The van der Waals surface area contributed by atoms with Crippen LogP contribution in [-0.2, 0) is 4.74 Å². The summed E-state index contributed by atoms with van der Waals surface area (Å²) in [6.45, 7) is 0. The second kappa shape index (κ2) is 8.72. The molecular weight excluding hydrogens is 448 g/mol. The summed E-state index contributed by atoms with van der Waals surface area (Å²) in [7, 11) is 1.35. The van der Waals surface area contributed by atoms with Gasteiger partial charge >= 0.3 is 0 Å². The lowest BCUT2D eigenvalue weighted by Gasteiger charge is -2.14. The van der Waals surface area contributed by atoms with Crippen LogP contribution in [0.5, 0.6) is 17.2 Å². The van der Waals surface area contributed by atoms with Crippen molar-refractivity contribution in [3.63, 3.8) is 0 Å². The van der Waals surface area contributed by atoms with Crippen molar-refractivity contribution in [2.75, 3.05) is 12.4 Å². The van der Waals surface area contributed by atoms with E-state index >= 15 is 0 Å². The molecule has 0 bridgehead atoms. The molecule has 31 heavy (non-hydrogen) atoms. The minimum atomic E-state index is -0.792. The Hall–Kier alpha value is -2.84. The lowest BCUT2D eigenvalue weighted by Crippen LogP contribution is -2.13. The van der Waals surface area contributed by atoms with Gasteiger partial charge in [0.05, 0.1) is 22.7 Å². The number of halogens is 3. The zero-order valence-electron chi connectivity index (χ0n) is 16.1. The van der Waals surface area contributed by atoms with Crippen LogP contribution < -0.4 is 14.8 Å². The van der Waals surface area contributed by atoms with Crippen LogP contribution in [-0.4, -0.2) is 24.4 Å². The minimum absolute atomic E-state index is 0.0621. The van der Waals surface area contributed by atoms with Gasteiger partial charge in [-0.3, -0.25) is 4.79 Å². The summed E-state index contributed by atoms with van der Waals surface area (Å²) >= 11 is 12.2. The smallest absolute Gasteiger partial charge is 0.259 e. The predicted molar refractivity (Wildman–Crippen MR) is 114 cm³/mol. The molecule has 2 atom stereocenters. The molecular formula is C22H16Cl2FNO5. The van der Waals surface area contributed by atoms with Crippen LogP contribution in [0.4, 0.5) is 10.1 Å². The molecule has 1 aliphatic heterocycles. The number of epoxide rings is 1. The van der Waals surface area contributed by atoms with Gasteiger partial charge in [0.25, 0.3) is 5.91 Å². The quantitative estimate of drug-likeness (QED) is 0.466. The average Bonchev–Trinajstić information content (AvgIpc) is 3.47. The third-order valence-corrected chi connectivity index (χ3v) is 5.31. The Morgan fingerprint density at radius 1 is 1.06 bits per heavy atom. The molecule has 0 aliphatic carbocycles.